The van der Waals surface area contributed by atoms with Gasteiger partial charge in [-0.25, -0.2) is 4.39 Å². The highest BCUT2D eigenvalue weighted by atomic mass is 32.2. The SMILES string of the molecule is CNC(CSC1CCCC1)c1cccc(F)c1. The van der Waals surface area contributed by atoms with Gasteiger partial charge in [0.05, 0.1) is 0 Å². The average molecular weight is 253 g/mol. The molecule has 1 aliphatic rings. The zero-order valence-corrected chi connectivity index (χ0v) is 11.1. The van der Waals surface area contributed by atoms with Gasteiger partial charge in [0.1, 0.15) is 5.82 Å². The quantitative estimate of drug-likeness (QED) is 0.857. The van der Waals surface area contributed by atoms with Gasteiger partial charge in [0, 0.05) is 17.0 Å². The molecular weight excluding hydrogens is 233 g/mol. The van der Waals surface area contributed by atoms with Crippen LogP contribution in [-0.2, 0) is 0 Å². The van der Waals surface area contributed by atoms with E-state index in [4.69, 9.17) is 0 Å². The van der Waals surface area contributed by atoms with Crippen molar-refractivity contribution in [1.82, 2.24) is 5.32 Å². The van der Waals surface area contributed by atoms with Crippen molar-refractivity contribution in [3.63, 3.8) is 0 Å². The summed E-state index contributed by atoms with van der Waals surface area (Å²) in [4.78, 5) is 0. The molecule has 1 saturated carbocycles. The second-order valence-electron chi connectivity index (χ2n) is 4.64. The molecule has 0 aromatic heterocycles. The fraction of sp³-hybridized carbons (Fsp3) is 0.571. The lowest BCUT2D eigenvalue weighted by Crippen LogP contribution is -2.20. The third kappa shape index (κ3) is 3.71. The molecule has 0 spiro atoms. The molecule has 2 rings (SSSR count). The molecule has 17 heavy (non-hydrogen) atoms. The van der Waals surface area contributed by atoms with E-state index in [1.54, 1.807) is 12.1 Å². The van der Waals surface area contributed by atoms with E-state index in [2.05, 4.69) is 5.32 Å². The summed E-state index contributed by atoms with van der Waals surface area (Å²) in [5.74, 6) is 0.888. The van der Waals surface area contributed by atoms with Gasteiger partial charge in [0.25, 0.3) is 0 Å². The van der Waals surface area contributed by atoms with E-state index in [0.29, 0.717) is 0 Å². The highest BCUT2D eigenvalue weighted by Gasteiger charge is 2.18. The number of nitrogens with one attached hydrogen (secondary N) is 1. The van der Waals surface area contributed by atoms with Gasteiger partial charge < -0.3 is 5.32 Å². The van der Waals surface area contributed by atoms with E-state index in [-0.39, 0.29) is 11.9 Å². The van der Waals surface area contributed by atoms with Crippen LogP contribution in [0, 0.1) is 5.82 Å². The largest absolute Gasteiger partial charge is 0.312 e. The highest BCUT2D eigenvalue weighted by Crippen LogP contribution is 2.32. The molecule has 0 amide bonds. The fourth-order valence-electron chi connectivity index (χ4n) is 2.36. The number of halogens is 1. The molecule has 1 aliphatic carbocycles. The Morgan fingerprint density at radius 3 is 2.82 bits per heavy atom. The van der Waals surface area contributed by atoms with Crippen molar-refractivity contribution in [1.29, 1.82) is 0 Å². The molecule has 1 aromatic rings. The predicted octanol–water partition coefficient (Wildman–Crippen LogP) is 3.76. The Morgan fingerprint density at radius 2 is 2.18 bits per heavy atom. The van der Waals surface area contributed by atoms with Crippen LogP contribution in [0.2, 0.25) is 0 Å². The molecule has 1 aromatic carbocycles. The van der Waals surface area contributed by atoms with Crippen LogP contribution in [0.15, 0.2) is 24.3 Å². The molecular formula is C14H20FNS. The van der Waals surface area contributed by atoms with Crippen LogP contribution >= 0.6 is 11.8 Å². The normalized spacial score (nSPS) is 18.5. The molecule has 0 radical (unpaired) electrons. The maximum absolute atomic E-state index is 13.2. The lowest BCUT2D eigenvalue weighted by atomic mass is 10.1. The summed E-state index contributed by atoms with van der Waals surface area (Å²) >= 11 is 2.03. The minimum atomic E-state index is -0.145. The number of benzene rings is 1. The third-order valence-electron chi connectivity index (χ3n) is 3.40. The van der Waals surface area contributed by atoms with E-state index in [1.807, 2.05) is 24.9 Å². The standard InChI is InChI=1S/C14H20FNS/c1-16-14(10-17-13-7-2-3-8-13)11-5-4-6-12(15)9-11/h4-6,9,13-14,16H,2-3,7-8,10H2,1H3. The Bertz CT molecular complexity index is 350. The van der Waals surface area contributed by atoms with Crippen LogP contribution in [-0.4, -0.2) is 18.1 Å². The summed E-state index contributed by atoms with van der Waals surface area (Å²) < 4.78 is 13.2. The minimum Gasteiger partial charge on any atom is -0.312 e. The molecule has 1 unspecified atom stereocenters. The van der Waals surface area contributed by atoms with Crippen molar-refractivity contribution in [2.75, 3.05) is 12.8 Å². The zero-order valence-electron chi connectivity index (χ0n) is 10.3. The second kappa shape index (κ2) is 6.41. The summed E-state index contributed by atoms with van der Waals surface area (Å²) in [5.41, 5.74) is 1.05. The Balaban J connectivity index is 1.91. The van der Waals surface area contributed by atoms with Gasteiger partial charge in [-0.05, 0) is 37.6 Å². The molecule has 0 aliphatic heterocycles. The molecule has 0 bridgehead atoms. The second-order valence-corrected chi connectivity index (χ2v) is 5.97. The van der Waals surface area contributed by atoms with Gasteiger partial charge in [0.15, 0.2) is 0 Å². The molecule has 1 fully saturated rings. The van der Waals surface area contributed by atoms with Crippen molar-refractivity contribution in [3.8, 4) is 0 Å². The molecule has 1 atom stereocenters. The monoisotopic (exact) mass is 253 g/mol. The first kappa shape index (κ1) is 12.9. The summed E-state index contributed by atoms with van der Waals surface area (Å²) in [6.07, 6.45) is 5.46. The van der Waals surface area contributed by atoms with Crippen molar-refractivity contribution in [2.24, 2.45) is 0 Å². The van der Waals surface area contributed by atoms with E-state index in [1.165, 1.54) is 31.7 Å². The molecule has 3 heteroatoms. The van der Waals surface area contributed by atoms with Crippen molar-refractivity contribution in [2.45, 2.75) is 37.0 Å². The summed E-state index contributed by atoms with van der Waals surface area (Å²) in [7, 11) is 1.95. The maximum atomic E-state index is 13.2. The topological polar surface area (TPSA) is 12.0 Å². The number of rotatable bonds is 5. The lowest BCUT2D eigenvalue weighted by Gasteiger charge is -2.18. The van der Waals surface area contributed by atoms with Crippen LogP contribution in [0.3, 0.4) is 0 Å². The van der Waals surface area contributed by atoms with Crippen molar-refractivity contribution < 1.29 is 4.39 Å². The van der Waals surface area contributed by atoms with Crippen LogP contribution in [0.4, 0.5) is 4.39 Å². The molecule has 0 heterocycles. The number of hydrogen-bond donors (Lipinski definition) is 1. The van der Waals surface area contributed by atoms with Crippen molar-refractivity contribution in [3.05, 3.63) is 35.6 Å². The van der Waals surface area contributed by atoms with E-state index < -0.39 is 0 Å². The molecule has 0 saturated heterocycles. The van der Waals surface area contributed by atoms with Crippen LogP contribution in [0.1, 0.15) is 37.3 Å². The smallest absolute Gasteiger partial charge is 0.123 e. The van der Waals surface area contributed by atoms with Crippen LogP contribution in [0.25, 0.3) is 0 Å². The van der Waals surface area contributed by atoms with Crippen LogP contribution < -0.4 is 5.32 Å². The van der Waals surface area contributed by atoms with Gasteiger partial charge in [-0.3, -0.25) is 0 Å². The maximum Gasteiger partial charge on any atom is 0.123 e. The number of hydrogen-bond acceptors (Lipinski definition) is 2. The first-order valence-electron chi connectivity index (χ1n) is 6.34. The Kier molecular flexibility index (Phi) is 4.86. The summed E-state index contributed by atoms with van der Waals surface area (Å²) in [6.45, 7) is 0. The van der Waals surface area contributed by atoms with Crippen LogP contribution in [0.5, 0.6) is 0 Å². The average Bonchev–Trinajstić information content (AvgIpc) is 2.83. The summed E-state index contributed by atoms with van der Waals surface area (Å²) in [5, 5.41) is 4.10. The highest BCUT2D eigenvalue weighted by molar-refractivity contribution is 7.99. The zero-order chi connectivity index (χ0) is 12.1. The van der Waals surface area contributed by atoms with E-state index >= 15 is 0 Å². The van der Waals surface area contributed by atoms with Gasteiger partial charge in [-0.1, -0.05) is 25.0 Å². The fourth-order valence-corrected chi connectivity index (χ4v) is 3.85. The Morgan fingerprint density at radius 1 is 1.41 bits per heavy atom. The Labute approximate surface area is 107 Å². The molecule has 94 valence electrons. The Hall–Kier alpha value is -0.540. The third-order valence-corrected chi connectivity index (χ3v) is 4.87. The molecule has 1 N–H and O–H groups in total. The lowest BCUT2D eigenvalue weighted by molar-refractivity contribution is 0.611. The van der Waals surface area contributed by atoms with Gasteiger partial charge in [-0.15, -0.1) is 0 Å². The van der Waals surface area contributed by atoms with Crippen molar-refractivity contribution >= 4 is 11.8 Å². The minimum absolute atomic E-state index is 0.145. The number of thioether (sulfide) groups is 1. The van der Waals surface area contributed by atoms with Gasteiger partial charge in [-0.2, -0.15) is 11.8 Å². The van der Waals surface area contributed by atoms with Gasteiger partial charge >= 0.3 is 0 Å². The molecule has 1 nitrogen and oxygen atoms in total. The summed E-state index contributed by atoms with van der Waals surface area (Å²) in [6, 6.07) is 7.18. The van der Waals surface area contributed by atoms with Gasteiger partial charge in [0.2, 0.25) is 0 Å². The van der Waals surface area contributed by atoms with E-state index in [0.717, 1.165) is 16.6 Å². The van der Waals surface area contributed by atoms with E-state index in [9.17, 15) is 4.39 Å². The first-order chi connectivity index (χ1) is 8.29. The first-order valence-corrected chi connectivity index (χ1v) is 7.39. The predicted molar refractivity (Wildman–Crippen MR) is 72.9 cm³/mol.